The van der Waals surface area contributed by atoms with Gasteiger partial charge in [0.2, 0.25) is 5.75 Å². The quantitative estimate of drug-likeness (QED) is 0.324. The maximum atomic E-state index is 14.5. The van der Waals surface area contributed by atoms with Gasteiger partial charge in [-0.2, -0.15) is 8.78 Å². The van der Waals surface area contributed by atoms with Gasteiger partial charge in [0, 0.05) is 24.3 Å². The van der Waals surface area contributed by atoms with Gasteiger partial charge in [-0.25, -0.2) is 4.39 Å². The van der Waals surface area contributed by atoms with Gasteiger partial charge in [-0.15, -0.1) is 0 Å². The lowest BCUT2D eigenvalue weighted by Gasteiger charge is -2.49. The third kappa shape index (κ3) is 3.82. The number of nitro benzene ring substituents is 1. The SMILES string of the molecule is COC1C(C(N)=O)=C(O)[C@@H](N(C)C)C2CC3Cc4c(C(F)=C(F)F)cc([N+](=O)[O-])c(O)c4C(O)=C3C(=O)C12. The molecule has 4 unspecified atom stereocenters. The summed E-state index contributed by atoms with van der Waals surface area (Å²) in [7, 11) is 4.37. The smallest absolute Gasteiger partial charge is 0.312 e. The predicted molar refractivity (Wildman–Crippen MR) is 125 cm³/mol. The zero-order valence-electron chi connectivity index (χ0n) is 20.4. The molecule has 1 saturated carbocycles. The lowest BCUT2D eigenvalue weighted by atomic mass is 9.58. The molecular formula is C24H24F3N3O8. The Balaban J connectivity index is 2.00. The number of carbonyl (C=O) groups excluding carboxylic acids is 2. The average molecular weight is 539 g/mol. The van der Waals surface area contributed by atoms with Gasteiger partial charge >= 0.3 is 11.8 Å². The average Bonchev–Trinajstić information content (AvgIpc) is 2.81. The Bertz CT molecular complexity index is 1370. The van der Waals surface area contributed by atoms with E-state index in [4.69, 9.17) is 10.5 Å². The number of aliphatic hydroxyl groups excluding tert-OH is 2. The van der Waals surface area contributed by atoms with Crippen LogP contribution >= 0.6 is 0 Å². The molecule has 1 fully saturated rings. The number of halogens is 3. The van der Waals surface area contributed by atoms with Crippen molar-refractivity contribution < 1.29 is 47.7 Å². The number of phenols is 1. The van der Waals surface area contributed by atoms with Crippen LogP contribution < -0.4 is 5.73 Å². The van der Waals surface area contributed by atoms with Crippen molar-refractivity contribution in [3.63, 3.8) is 0 Å². The van der Waals surface area contributed by atoms with Crippen molar-refractivity contribution >= 4 is 29.0 Å². The molecule has 204 valence electrons. The van der Waals surface area contributed by atoms with Gasteiger partial charge in [-0.05, 0) is 44.3 Å². The number of aromatic hydroxyl groups is 1. The highest BCUT2D eigenvalue weighted by atomic mass is 19.3. The maximum absolute atomic E-state index is 14.5. The highest BCUT2D eigenvalue weighted by Crippen LogP contribution is 2.54. The van der Waals surface area contributed by atoms with Crippen molar-refractivity contribution in [3.8, 4) is 5.75 Å². The molecule has 1 amide bonds. The number of fused-ring (bicyclic) bond motifs is 3. The second-order valence-electron chi connectivity index (χ2n) is 9.66. The van der Waals surface area contributed by atoms with Crippen molar-refractivity contribution in [2.24, 2.45) is 23.5 Å². The normalized spacial score (nSPS) is 26.6. The topological polar surface area (TPSA) is 176 Å². The standard InChI is InChI=1S/C24H24F3N3O8/c1-29(2)17-10-5-7-4-8-9(16(25)23(26)27)6-11(30(36)37)18(31)13(8)19(32)12(7)20(33)14(10)22(38-3)15(21(17)34)24(28)35/h6-7,10,14,17,22,31-32,34H,4-5H2,1-3H3,(H2,28,35)/t7?,10?,14?,17-,22?/m0/s1. The highest BCUT2D eigenvalue weighted by molar-refractivity contribution is 6.08. The monoisotopic (exact) mass is 539 g/mol. The Morgan fingerprint density at radius 1 is 1.24 bits per heavy atom. The van der Waals surface area contributed by atoms with Crippen molar-refractivity contribution in [1.29, 1.82) is 0 Å². The molecule has 11 nitrogen and oxygen atoms in total. The number of ketones is 1. The van der Waals surface area contributed by atoms with Crippen molar-refractivity contribution in [2.45, 2.75) is 25.0 Å². The number of nitro groups is 1. The minimum atomic E-state index is -2.77. The number of amides is 1. The number of hydrogen-bond donors (Lipinski definition) is 4. The fourth-order valence-electron chi connectivity index (χ4n) is 6.18. The number of aliphatic hydroxyl groups is 2. The molecule has 4 rings (SSSR count). The number of benzene rings is 1. The molecule has 0 radical (unpaired) electrons. The summed E-state index contributed by atoms with van der Waals surface area (Å²) in [6.07, 6.45) is -4.37. The van der Waals surface area contributed by atoms with Crippen LogP contribution in [0, 0.1) is 27.9 Å². The first kappa shape index (κ1) is 27.1. The largest absolute Gasteiger partial charge is 0.510 e. The summed E-state index contributed by atoms with van der Waals surface area (Å²) in [5, 5.41) is 44.2. The number of nitrogens with two attached hydrogens (primary N) is 1. The molecular weight excluding hydrogens is 515 g/mol. The van der Waals surface area contributed by atoms with Crippen molar-refractivity contribution in [2.75, 3.05) is 21.2 Å². The van der Waals surface area contributed by atoms with E-state index >= 15 is 0 Å². The lowest BCUT2D eigenvalue weighted by molar-refractivity contribution is -0.385. The molecule has 0 aromatic heterocycles. The van der Waals surface area contributed by atoms with Crippen LogP contribution in [-0.4, -0.2) is 70.2 Å². The van der Waals surface area contributed by atoms with E-state index in [-0.39, 0.29) is 29.6 Å². The van der Waals surface area contributed by atoms with Gasteiger partial charge in [0.25, 0.3) is 5.91 Å². The molecule has 0 heterocycles. The van der Waals surface area contributed by atoms with Crippen LogP contribution in [-0.2, 0) is 20.7 Å². The van der Waals surface area contributed by atoms with Crippen LogP contribution in [0.15, 0.2) is 29.1 Å². The molecule has 14 heteroatoms. The van der Waals surface area contributed by atoms with E-state index < -0.39 is 92.5 Å². The molecule has 5 N–H and O–H groups in total. The van der Waals surface area contributed by atoms with Crippen LogP contribution in [0.3, 0.4) is 0 Å². The molecule has 0 aliphatic heterocycles. The minimum absolute atomic E-state index is 0.0364. The van der Waals surface area contributed by atoms with E-state index in [0.29, 0.717) is 6.07 Å². The molecule has 0 spiro atoms. The molecule has 3 aliphatic carbocycles. The van der Waals surface area contributed by atoms with Crippen LogP contribution in [0.4, 0.5) is 18.9 Å². The predicted octanol–water partition coefficient (Wildman–Crippen LogP) is 2.74. The molecule has 1 aromatic carbocycles. The highest BCUT2D eigenvalue weighted by Gasteiger charge is 2.56. The Morgan fingerprint density at radius 3 is 2.37 bits per heavy atom. The third-order valence-electron chi connectivity index (χ3n) is 7.57. The van der Waals surface area contributed by atoms with Crippen LogP contribution in [0.5, 0.6) is 5.75 Å². The number of methoxy groups -OCH3 is 1. The van der Waals surface area contributed by atoms with Gasteiger partial charge < -0.3 is 25.8 Å². The Labute approximate surface area is 213 Å². The first-order chi connectivity index (χ1) is 17.7. The van der Waals surface area contributed by atoms with E-state index in [9.17, 15) is 48.2 Å². The fraction of sp³-hybridized carbons (Fsp3) is 0.417. The number of carbonyl (C=O) groups is 2. The van der Waals surface area contributed by atoms with E-state index in [0.717, 1.165) is 0 Å². The zero-order valence-corrected chi connectivity index (χ0v) is 20.4. The van der Waals surface area contributed by atoms with Gasteiger partial charge in [0.1, 0.15) is 17.6 Å². The van der Waals surface area contributed by atoms with E-state index in [1.54, 1.807) is 19.0 Å². The number of nitrogens with zero attached hydrogens (tertiary/aromatic N) is 2. The molecule has 1 aromatic rings. The number of likely N-dealkylation sites (N-methyl/N-ethyl adjacent to an activating group) is 1. The molecule has 0 bridgehead atoms. The molecule has 0 saturated heterocycles. The minimum Gasteiger partial charge on any atom is -0.510 e. The number of phenolic OH excluding ortho intramolecular Hbond substituents is 1. The zero-order chi connectivity index (χ0) is 28.4. The van der Waals surface area contributed by atoms with Crippen LogP contribution in [0.2, 0.25) is 0 Å². The van der Waals surface area contributed by atoms with Gasteiger partial charge in [0.15, 0.2) is 11.6 Å². The van der Waals surface area contributed by atoms with Gasteiger partial charge in [0.05, 0.1) is 28.0 Å². The maximum Gasteiger partial charge on any atom is 0.312 e. The molecule has 5 atom stereocenters. The number of Topliss-reactive ketones (excluding diaryl/α,β-unsaturated/α-hetero) is 1. The summed E-state index contributed by atoms with van der Waals surface area (Å²) in [6, 6.07) is -0.445. The summed E-state index contributed by atoms with van der Waals surface area (Å²) >= 11 is 0. The first-order valence-corrected chi connectivity index (χ1v) is 11.4. The fourth-order valence-corrected chi connectivity index (χ4v) is 6.18. The van der Waals surface area contributed by atoms with E-state index in [1.165, 1.54) is 7.11 Å². The second-order valence-corrected chi connectivity index (χ2v) is 9.66. The Morgan fingerprint density at radius 2 is 1.87 bits per heavy atom. The second kappa shape index (κ2) is 9.44. The number of hydrogen-bond acceptors (Lipinski definition) is 9. The van der Waals surface area contributed by atoms with Gasteiger partial charge in [-0.3, -0.25) is 24.6 Å². The van der Waals surface area contributed by atoms with E-state index in [1.807, 2.05) is 0 Å². The number of ether oxygens (including phenoxy) is 1. The van der Waals surface area contributed by atoms with Crippen molar-refractivity contribution in [1.82, 2.24) is 4.90 Å². The number of primary amides is 1. The van der Waals surface area contributed by atoms with Gasteiger partial charge in [-0.1, -0.05) is 0 Å². The summed E-state index contributed by atoms with van der Waals surface area (Å²) in [4.78, 5) is 38.0. The summed E-state index contributed by atoms with van der Waals surface area (Å²) in [5.74, 6) is -9.08. The van der Waals surface area contributed by atoms with Crippen LogP contribution in [0.25, 0.3) is 11.6 Å². The van der Waals surface area contributed by atoms with E-state index in [2.05, 4.69) is 0 Å². The summed E-state index contributed by atoms with van der Waals surface area (Å²) < 4.78 is 46.4. The number of allylic oxidation sites excluding steroid dienone is 1. The lowest BCUT2D eigenvalue weighted by Crippen LogP contribution is -2.57. The molecule has 38 heavy (non-hydrogen) atoms. The molecule has 3 aliphatic rings. The number of rotatable bonds is 5. The third-order valence-corrected chi connectivity index (χ3v) is 7.57. The first-order valence-electron chi connectivity index (χ1n) is 11.4. The summed E-state index contributed by atoms with van der Waals surface area (Å²) in [5.41, 5.74) is 1.78. The Hall–Kier alpha value is -3.91. The van der Waals surface area contributed by atoms with Crippen molar-refractivity contribution in [3.05, 3.63) is 55.9 Å². The van der Waals surface area contributed by atoms with Crippen LogP contribution in [0.1, 0.15) is 23.1 Å². The summed E-state index contributed by atoms with van der Waals surface area (Å²) in [6.45, 7) is 0. The Kier molecular flexibility index (Phi) is 6.74.